The van der Waals surface area contributed by atoms with Crippen molar-refractivity contribution < 1.29 is 4.79 Å². The molecule has 1 spiro atoms. The average molecular weight is 272 g/mol. The molecule has 3 nitrogen and oxygen atoms in total. The highest BCUT2D eigenvalue weighted by atomic mass is 16.1. The Balaban J connectivity index is 1.66. The number of rotatable bonds is 2. The van der Waals surface area contributed by atoms with Crippen molar-refractivity contribution in [1.29, 1.82) is 0 Å². The van der Waals surface area contributed by atoms with Crippen LogP contribution in [0.25, 0.3) is 0 Å². The first kappa shape index (κ1) is 13.6. The van der Waals surface area contributed by atoms with Crippen LogP contribution in [-0.4, -0.2) is 24.0 Å². The van der Waals surface area contributed by atoms with Gasteiger partial charge in [-0.2, -0.15) is 0 Å². The maximum absolute atomic E-state index is 12.4. The molecule has 3 rings (SSSR count). The predicted octanol–water partition coefficient (Wildman–Crippen LogP) is 2.71. The molecule has 1 aromatic carbocycles. The summed E-state index contributed by atoms with van der Waals surface area (Å²) in [5.74, 6) is 0.0816. The van der Waals surface area contributed by atoms with E-state index in [1.54, 1.807) is 0 Å². The van der Waals surface area contributed by atoms with Crippen LogP contribution in [-0.2, 0) is 0 Å². The second-order valence-electron chi connectivity index (χ2n) is 6.60. The van der Waals surface area contributed by atoms with Gasteiger partial charge in [-0.05, 0) is 64.6 Å². The number of nitrogens with one attached hydrogen (secondary N) is 2. The Labute approximate surface area is 121 Å². The first-order chi connectivity index (χ1) is 9.56. The average Bonchev–Trinajstić information content (AvgIpc) is 2.36. The molecule has 2 aliphatic rings. The summed E-state index contributed by atoms with van der Waals surface area (Å²) in [6.07, 6.45) is 5.98. The molecule has 1 aromatic rings. The van der Waals surface area contributed by atoms with Gasteiger partial charge in [0.05, 0.1) is 0 Å². The van der Waals surface area contributed by atoms with Gasteiger partial charge in [-0.25, -0.2) is 0 Å². The highest BCUT2D eigenvalue weighted by Crippen LogP contribution is 2.38. The molecule has 108 valence electrons. The molecule has 1 aliphatic heterocycles. The zero-order valence-electron chi connectivity index (χ0n) is 12.5. The molecule has 1 heterocycles. The van der Waals surface area contributed by atoms with E-state index < -0.39 is 0 Å². The monoisotopic (exact) mass is 272 g/mol. The Morgan fingerprint density at radius 1 is 1.25 bits per heavy atom. The van der Waals surface area contributed by atoms with Crippen LogP contribution in [0.1, 0.15) is 53.6 Å². The number of carbonyl (C=O) groups is 1. The molecule has 0 radical (unpaired) electrons. The Morgan fingerprint density at radius 3 is 2.55 bits per heavy atom. The summed E-state index contributed by atoms with van der Waals surface area (Å²) in [5.41, 5.74) is 3.43. The molecule has 1 saturated carbocycles. The van der Waals surface area contributed by atoms with Crippen LogP contribution in [0.4, 0.5) is 0 Å². The number of piperidine rings is 1. The molecular weight excluding hydrogens is 248 g/mol. The molecule has 2 fully saturated rings. The Hall–Kier alpha value is -1.35. The van der Waals surface area contributed by atoms with E-state index >= 15 is 0 Å². The fourth-order valence-corrected chi connectivity index (χ4v) is 3.64. The predicted molar refractivity (Wildman–Crippen MR) is 81.0 cm³/mol. The van der Waals surface area contributed by atoms with E-state index in [4.69, 9.17) is 0 Å². The van der Waals surface area contributed by atoms with Crippen molar-refractivity contribution in [2.24, 2.45) is 0 Å². The normalized spacial score (nSPS) is 24.2. The molecule has 2 N–H and O–H groups in total. The molecule has 1 saturated heterocycles. The third-order valence-corrected chi connectivity index (χ3v) is 4.76. The third kappa shape index (κ3) is 2.73. The van der Waals surface area contributed by atoms with Crippen LogP contribution in [0, 0.1) is 13.8 Å². The van der Waals surface area contributed by atoms with E-state index in [1.165, 1.54) is 19.3 Å². The number of amides is 1. The lowest BCUT2D eigenvalue weighted by molar-refractivity contribution is 0.0853. The molecule has 0 aromatic heterocycles. The number of aryl methyl sites for hydroxylation is 2. The van der Waals surface area contributed by atoms with Crippen molar-refractivity contribution in [1.82, 2.24) is 10.6 Å². The summed E-state index contributed by atoms with van der Waals surface area (Å²) in [6.45, 7) is 5.10. The van der Waals surface area contributed by atoms with E-state index in [9.17, 15) is 4.79 Å². The van der Waals surface area contributed by atoms with Gasteiger partial charge in [0, 0.05) is 17.1 Å². The summed E-state index contributed by atoms with van der Waals surface area (Å²) in [7, 11) is 0. The van der Waals surface area contributed by atoms with E-state index in [0.29, 0.717) is 11.6 Å². The molecule has 3 heteroatoms. The highest BCUT2D eigenvalue weighted by molar-refractivity contribution is 5.94. The molecule has 20 heavy (non-hydrogen) atoms. The minimum absolute atomic E-state index is 0.0816. The van der Waals surface area contributed by atoms with Crippen molar-refractivity contribution in [3.8, 4) is 0 Å². The largest absolute Gasteiger partial charge is 0.349 e. The standard InChI is InChI=1S/C17H24N2O/c1-12-8-13(2)10-14(9-12)16(20)19-15-4-7-18-17(11-15)5-3-6-17/h8-10,15,18H,3-7,11H2,1-2H3,(H,19,20). The van der Waals surface area contributed by atoms with Crippen molar-refractivity contribution in [2.45, 2.75) is 57.5 Å². The lowest BCUT2D eigenvalue weighted by Crippen LogP contribution is -2.59. The molecule has 1 atom stereocenters. The maximum atomic E-state index is 12.4. The van der Waals surface area contributed by atoms with E-state index in [-0.39, 0.29) is 5.91 Å². The fourth-order valence-electron chi connectivity index (χ4n) is 3.64. The topological polar surface area (TPSA) is 41.1 Å². The van der Waals surface area contributed by atoms with Crippen LogP contribution in [0.15, 0.2) is 18.2 Å². The molecule has 1 unspecified atom stereocenters. The number of carbonyl (C=O) groups excluding carboxylic acids is 1. The minimum atomic E-state index is 0.0816. The Kier molecular flexibility index (Phi) is 3.55. The zero-order chi connectivity index (χ0) is 14.2. The summed E-state index contributed by atoms with van der Waals surface area (Å²) in [6, 6.07) is 6.38. The third-order valence-electron chi connectivity index (χ3n) is 4.76. The van der Waals surface area contributed by atoms with Gasteiger partial charge in [-0.15, -0.1) is 0 Å². The van der Waals surface area contributed by atoms with Gasteiger partial charge >= 0.3 is 0 Å². The smallest absolute Gasteiger partial charge is 0.251 e. The van der Waals surface area contributed by atoms with Gasteiger partial charge < -0.3 is 10.6 Å². The van der Waals surface area contributed by atoms with Crippen LogP contribution in [0.2, 0.25) is 0 Å². The van der Waals surface area contributed by atoms with Crippen LogP contribution < -0.4 is 10.6 Å². The molecular formula is C17H24N2O. The van der Waals surface area contributed by atoms with E-state index in [0.717, 1.165) is 36.1 Å². The summed E-state index contributed by atoms with van der Waals surface area (Å²) in [5, 5.41) is 6.88. The Morgan fingerprint density at radius 2 is 1.95 bits per heavy atom. The number of hydrogen-bond acceptors (Lipinski definition) is 2. The van der Waals surface area contributed by atoms with Crippen molar-refractivity contribution in [3.05, 3.63) is 34.9 Å². The first-order valence-corrected chi connectivity index (χ1v) is 7.71. The van der Waals surface area contributed by atoms with Crippen molar-refractivity contribution in [3.63, 3.8) is 0 Å². The van der Waals surface area contributed by atoms with Gasteiger partial charge in [0.1, 0.15) is 0 Å². The van der Waals surface area contributed by atoms with E-state index in [1.807, 2.05) is 26.0 Å². The summed E-state index contributed by atoms with van der Waals surface area (Å²) >= 11 is 0. The lowest BCUT2D eigenvalue weighted by Gasteiger charge is -2.48. The second-order valence-corrected chi connectivity index (χ2v) is 6.60. The van der Waals surface area contributed by atoms with Crippen LogP contribution in [0.5, 0.6) is 0 Å². The number of hydrogen-bond donors (Lipinski definition) is 2. The zero-order valence-corrected chi connectivity index (χ0v) is 12.5. The highest BCUT2D eigenvalue weighted by Gasteiger charge is 2.41. The van der Waals surface area contributed by atoms with Gasteiger partial charge in [-0.3, -0.25) is 4.79 Å². The fraction of sp³-hybridized carbons (Fsp3) is 0.588. The maximum Gasteiger partial charge on any atom is 0.251 e. The summed E-state index contributed by atoms with van der Waals surface area (Å²) < 4.78 is 0. The van der Waals surface area contributed by atoms with Crippen LogP contribution in [0.3, 0.4) is 0 Å². The molecule has 0 bridgehead atoms. The molecule has 1 aliphatic carbocycles. The Bertz CT molecular complexity index is 499. The van der Waals surface area contributed by atoms with Gasteiger partial charge in [0.15, 0.2) is 0 Å². The summed E-state index contributed by atoms with van der Waals surface area (Å²) in [4.78, 5) is 12.4. The number of benzene rings is 1. The van der Waals surface area contributed by atoms with E-state index in [2.05, 4.69) is 16.7 Å². The molecule has 1 amide bonds. The first-order valence-electron chi connectivity index (χ1n) is 7.71. The quantitative estimate of drug-likeness (QED) is 0.869. The SMILES string of the molecule is Cc1cc(C)cc(C(=O)NC2CCNC3(CCC3)C2)c1. The van der Waals surface area contributed by atoms with Crippen molar-refractivity contribution >= 4 is 5.91 Å². The second kappa shape index (κ2) is 5.21. The van der Waals surface area contributed by atoms with Crippen molar-refractivity contribution in [2.75, 3.05) is 6.54 Å². The lowest BCUT2D eigenvalue weighted by atomic mass is 9.70. The van der Waals surface area contributed by atoms with Gasteiger partial charge in [0.2, 0.25) is 0 Å². The van der Waals surface area contributed by atoms with Gasteiger partial charge in [0.25, 0.3) is 5.91 Å². The van der Waals surface area contributed by atoms with Gasteiger partial charge in [-0.1, -0.05) is 17.2 Å². The minimum Gasteiger partial charge on any atom is -0.349 e. The van der Waals surface area contributed by atoms with Crippen LogP contribution >= 0.6 is 0 Å².